The lowest BCUT2D eigenvalue weighted by Gasteiger charge is -2.18. The van der Waals surface area contributed by atoms with E-state index in [-0.39, 0.29) is 11.9 Å². The molecule has 0 aliphatic heterocycles. The Hall–Kier alpha value is -0.570. The number of carbonyl (C=O) groups excluding carboxylic acids is 1. The zero-order valence-corrected chi connectivity index (χ0v) is 11.3. The van der Waals surface area contributed by atoms with E-state index in [9.17, 15) is 4.79 Å². The minimum Gasteiger partial charge on any atom is -0.353 e. The third kappa shape index (κ3) is 4.12. The molecule has 0 radical (unpaired) electrons. The van der Waals surface area contributed by atoms with Gasteiger partial charge in [0.15, 0.2) is 0 Å². The average Bonchev–Trinajstić information content (AvgIpc) is 2.34. The fourth-order valence-corrected chi connectivity index (χ4v) is 2.76. The summed E-state index contributed by atoms with van der Waals surface area (Å²) in [5, 5.41) is 6.28. The monoisotopic (exact) mass is 226 g/mol. The minimum atomic E-state index is 0.104. The third-order valence-electron chi connectivity index (χ3n) is 3.31. The highest BCUT2D eigenvalue weighted by Crippen LogP contribution is 2.40. The topological polar surface area (TPSA) is 41.1 Å². The molecule has 2 N–H and O–H groups in total. The van der Waals surface area contributed by atoms with Crippen molar-refractivity contribution in [2.45, 2.75) is 59.5 Å². The van der Waals surface area contributed by atoms with Crippen molar-refractivity contribution in [3.05, 3.63) is 0 Å². The quantitative estimate of drug-likeness (QED) is 0.769. The van der Waals surface area contributed by atoms with E-state index in [0.29, 0.717) is 23.9 Å². The van der Waals surface area contributed by atoms with Gasteiger partial charge in [0, 0.05) is 12.1 Å². The van der Waals surface area contributed by atoms with Crippen LogP contribution in [0, 0.1) is 11.3 Å². The maximum absolute atomic E-state index is 11.5. The summed E-state index contributed by atoms with van der Waals surface area (Å²) in [7, 11) is 0. The fourth-order valence-electron chi connectivity index (χ4n) is 2.76. The van der Waals surface area contributed by atoms with Crippen molar-refractivity contribution in [2.24, 2.45) is 11.3 Å². The smallest absolute Gasteiger partial charge is 0.234 e. The van der Waals surface area contributed by atoms with Gasteiger partial charge in [0.2, 0.25) is 5.91 Å². The van der Waals surface area contributed by atoms with Gasteiger partial charge in [-0.2, -0.15) is 0 Å². The highest BCUT2D eigenvalue weighted by Gasteiger charge is 2.36. The standard InChI is InChI=1S/C13H26N2O/c1-9(2)15-12(16)8-14-11-7-13(4,5)6-10(11)3/h9-11,14H,6-8H2,1-5H3,(H,15,16). The van der Waals surface area contributed by atoms with Crippen LogP contribution in [0.5, 0.6) is 0 Å². The van der Waals surface area contributed by atoms with Crippen LogP contribution in [0.2, 0.25) is 0 Å². The van der Waals surface area contributed by atoms with Crippen molar-refractivity contribution in [1.82, 2.24) is 10.6 Å². The lowest BCUT2D eigenvalue weighted by Crippen LogP contribution is -2.42. The summed E-state index contributed by atoms with van der Waals surface area (Å²) >= 11 is 0. The van der Waals surface area contributed by atoms with Crippen LogP contribution in [0.1, 0.15) is 47.5 Å². The SMILES string of the molecule is CC(C)NC(=O)CNC1CC(C)(C)CC1C. The van der Waals surface area contributed by atoms with Crippen LogP contribution < -0.4 is 10.6 Å². The number of rotatable bonds is 4. The fraction of sp³-hybridized carbons (Fsp3) is 0.923. The largest absolute Gasteiger partial charge is 0.353 e. The molecule has 0 aromatic carbocycles. The number of amides is 1. The van der Waals surface area contributed by atoms with Crippen LogP contribution >= 0.6 is 0 Å². The van der Waals surface area contributed by atoms with E-state index >= 15 is 0 Å². The maximum atomic E-state index is 11.5. The van der Waals surface area contributed by atoms with Gasteiger partial charge in [0.25, 0.3) is 0 Å². The van der Waals surface area contributed by atoms with Gasteiger partial charge in [-0.05, 0) is 38.0 Å². The molecule has 16 heavy (non-hydrogen) atoms. The predicted octanol–water partition coefficient (Wildman–Crippen LogP) is 1.93. The Labute approximate surface area is 99.4 Å². The first-order chi connectivity index (χ1) is 7.30. The Kier molecular flexibility index (Phi) is 4.36. The van der Waals surface area contributed by atoms with Gasteiger partial charge in [-0.25, -0.2) is 0 Å². The van der Waals surface area contributed by atoms with Gasteiger partial charge >= 0.3 is 0 Å². The molecule has 1 fully saturated rings. The van der Waals surface area contributed by atoms with Gasteiger partial charge in [0.05, 0.1) is 6.54 Å². The van der Waals surface area contributed by atoms with Crippen molar-refractivity contribution >= 4 is 5.91 Å². The normalized spacial score (nSPS) is 28.4. The Morgan fingerprint density at radius 3 is 2.44 bits per heavy atom. The van der Waals surface area contributed by atoms with Crippen LogP contribution in [-0.2, 0) is 4.79 Å². The summed E-state index contributed by atoms with van der Waals surface area (Å²) in [6.45, 7) is 11.3. The van der Waals surface area contributed by atoms with E-state index in [1.54, 1.807) is 0 Å². The number of carbonyl (C=O) groups is 1. The van der Waals surface area contributed by atoms with Crippen LogP contribution in [0.15, 0.2) is 0 Å². The highest BCUT2D eigenvalue weighted by atomic mass is 16.1. The molecule has 3 nitrogen and oxygen atoms in total. The summed E-state index contributed by atoms with van der Waals surface area (Å²) in [5.74, 6) is 0.772. The van der Waals surface area contributed by atoms with Gasteiger partial charge in [-0.15, -0.1) is 0 Å². The second-order valence-electron chi connectivity index (χ2n) is 6.26. The van der Waals surface area contributed by atoms with Crippen LogP contribution in [-0.4, -0.2) is 24.5 Å². The summed E-state index contributed by atoms with van der Waals surface area (Å²) < 4.78 is 0. The molecule has 2 unspecified atom stereocenters. The summed E-state index contributed by atoms with van der Waals surface area (Å²) in [4.78, 5) is 11.5. The molecule has 1 aliphatic carbocycles. The average molecular weight is 226 g/mol. The molecule has 0 spiro atoms. The molecular formula is C13H26N2O. The molecule has 94 valence electrons. The van der Waals surface area contributed by atoms with E-state index in [1.807, 2.05) is 13.8 Å². The zero-order chi connectivity index (χ0) is 12.3. The number of hydrogen-bond acceptors (Lipinski definition) is 2. The molecular weight excluding hydrogens is 200 g/mol. The van der Waals surface area contributed by atoms with E-state index < -0.39 is 0 Å². The molecule has 1 rings (SSSR count). The van der Waals surface area contributed by atoms with Crippen molar-refractivity contribution in [3.8, 4) is 0 Å². The van der Waals surface area contributed by atoms with Crippen molar-refractivity contribution < 1.29 is 4.79 Å². The molecule has 0 saturated heterocycles. The highest BCUT2D eigenvalue weighted by molar-refractivity contribution is 5.78. The predicted molar refractivity (Wildman–Crippen MR) is 67.2 cm³/mol. The Morgan fingerprint density at radius 2 is 2.00 bits per heavy atom. The molecule has 2 atom stereocenters. The van der Waals surface area contributed by atoms with Crippen molar-refractivity contribution in [2.75, 3.05) is 6.54 Å². The molecule has 1 saturated carbocycles. The Bertz CT molecular complexity index is 248. The first-order valence-electron chi connectivity index (χ1n) is 6.33. The third-order valence-corrected chi connectivity index (χ3v) is 3.31. The molecule has 0 aromatic heterocycles. The number of nitrogens with one attached hydrogen (secondary N) is 2. The van der Waals surface area contributed by atoms with Gasteiger partial charge in [0.1, 0.15) is 0 Å². The Balaban J connectivity index is 2.31. The molecule has 3 heteroatoms. The lowest BCUT2D eigenvalue weighted by atomic mass is 9.91. The second-order valence-corrected chi connectivity index (χ2v) is 6.26. The maximum Gasteiger partial charge on any atom is 0.234 e. The molecule has 0 aromatic rings. The summed E-state index contributed by atoms with van der Waals surface area (Å²) in [6.07, 6.45) is 2.42. The molecule has 0 bridgehead atoms. The van der Waals surface area contributed by atoms with Gasteiger partial charge < -0.3 is 10.6 Å². The minimum absolute atomic E-state index is 0.104. The summed E-state index contributed by atoms with van der Waals surface area (Å²) in [6, 6.07) is 0.722. The molecule has 1 amide bonds. The zero-order valence-electron chi connectivity index (χ0n) is 11.3. The van der Waals surface area contributed by atoms with Crippen molar-refractivity contribution in [1.29, 1.82) is 0 Å². The number of hydrogen-bond donors (Lipinski definition) is 2. The molecule has 1 aliphatic rings. The van der Waals surface area contributed by atoms with Crippen LogP contribution in [0.4, 0.5) is 0 Å². The summed E-state index contributed by atoms with van der Waals surface area (Å²) in [5.41, 5.74) is 0.422. The van der Waals surface area contributed by atoms with Gasteiger partial charge in [-0.1, -0.05) is 20.8 Å². The van der Waals surface area contributed by atoms with Gasteiger partial charge in [-0.3, -0.25) is 4.79 Å². The van der Waals surface area contributed by atoms with E-state index in [1.165, 1.54) is 12.8 Å². The molecule has 0 heterocycles. The lowest BCUT2D eigenvalue weighted by molar-refractivity contribution is -0.120. The van der Waals surface area contributed by atoms with E-state index in [4.69, 9.17) is 0 Å². The second kappa shape index (κ2) is 5.17. The first kappa shape index (κ1) is 13.5. The van der Waals surface area contributed by atoms with E-state index in [2.05, 4.69) is 31.4 Å². The van der Waals surface area contributed by atoms with Crippen molar-refractivity contribution in [3.63, 3.8) is 0 Å². The first-order valence-corrected chi connectivity index (χ1v) is 6.33. The van der Waals surface area contributed by atoms with Crippen LogP contribution in [0.25, 0.3) is 0 Å². The Morgan fingerprint density at radius 1 is 1.38 bits per heavy atom. The van der Waals surface area contributed by atoms with Crippen LogP contribution in [0.3, 0.4) is 0 Å². The van der Waals surface area contributed by atoms with E-state index in [0.717, 1.165) is 0 Å².